The molecule has 0 amide bonds. The summed E-state index contributed by atoms with van der Waals surface area (Å²) in [5.41, 5.74) is -1.11. The van der Waals surface area contributed by atoms with Gasteiger partial charge in [-0.3, -0.25) is 4.79 Å². The van der Waals surface area contributed by atoms with Crippen molar-refractivity contribution >= 4 is 22.6 Å². The van der Waals surface area contributed by atoms with E-state index < -0.39 is 24.3 Å². The van der Waals surface area contributed by atoms with Crippen LogP contribution in [0, 0.1) is 3.57 Å². The monoisotopic (exact) mass is 337 g/mol. The zero-order chi connectivity index (χ0) is 11.6. The number of halogens is 5. The van der Waals surface area contributed by atoms with E-state index in [2.05, 4.69) is 4.74 Å². The molecule has 84 valence electrons. The van der Waals surface area contributed by atoms with Crippen LogP contribution in [-0.4, -0.2) is 11.3 Å². The maximum absolute atomic E-state index is 12.3. The molecule has 15 heavy (non-hydrogen) atoms. The molecular formula is C7H4F4INO2. The summed E-state index contributed by atoms with van der Waals surface area (Å²) in [5, 5.41) is 0. The largest absolute Gasteiger partial charge is 0.573 e. The maximum atomic E-state index is 12.3. The average Bonchev–Trinajstić information content (AvgIpc) is 2.11. The van der Waals surface area contributed by atoms with Gasteiger partial charge >= 0.3 is 6.36 Å². The number of rotatable bonds is 2. The van der Waals surface area contributed by atoms with Gasteiger partial charge in [0.1, 0.15) is 6.67 Å². The number of aromatic amines is 1. The SMILES string of the molecule is O=c1[nH]cc(CF)c(I)c1OC(F)(F)F. The summed E-state index contributed by atoms with van der Waals surface area (Å²) in [6, 6.07) is 0. The maximum Gasteiger partial charge on any atom is 0.573 e. The van der Waals surface area contributed by atoms with Crippen LogP contribution >= 0.6 is 22.6 Å². The fourth-order valence-electron chi connectivity index (χ4n) is 0.831. The molecule has 0 aliphatic carbocycles. The highest BCUT2D eigenvalue weighted by Crippen LogP contribution is 2.26. The van der Waals surface area contributed by atoms with Gasteiger partial charge in [-0.2, -0.15) is 0 Å². The molecule has 1 N–H and O–H groups in total. The van der Waals surface area contributed by atoms with Gasteiger partial charge in [0.25, 0.3) is 5.56 Å². The molecular weight excluding hydrogens is 333 g/mol. The molecule has 0 saturated heterocycles. The van der Waals surface area contributed by atoms with E-state index in [1.165, 1.54) is 22.6 Å². The zero-order valence-electron chi connectivity index (χ0n) is 6.99. The summed E-state index contributed by atoms with van der Waals surface area (Å²) < 4.78 is 51.2. The number of ether oxygens (including phenoxy) is 1. The van der Waals surface area contributed by atoms with Crippen LogP contribution in [0.15, 0.2) is 11.0 Å². The number of alkyl halides is 4. The van der Waals surface area contributed by atoms with E-state index in [1.807, 2.05) is 4.98 Å². The molecule has 0 fully saturated rings. The number of nitrogens with one attached hydrogen (secondary N) is 1. The van der Waals surface area contributed by atoms with Crippen molar-refractivity contribution in [3.8, 4) is 5.75 Å². The van der Waals surface area contributed by atoms with E-state index in [-0.39, 0.29) is 9.13 Å². The first-order chi connectivity index (χ1) is 6.85. The van der Waals surface area contributed by atoms with E-state index in [9.17, 15) is 22.4 Å². The first-order valence-corrected chi connectivity index (χ1v) is 4.65. The van der Waals surface area contributed by atoms with E-state index in [4.69, 9.17) is 0 Å². The standard InChI is InChI=1S/C7H4F4INO2/c8-1-3-2-13-6(14)5(4(3)12)15-7(9,10)11/h2H,1H2,(H,13,14). The molecule has 3 nitrogen and oxygen atoms in total. The molecule has 0 radical (unpaired) electrons. The smallest absolute Gasteiger partial charge is 0.399 e. The summed E-state index contributed by atoms with van der Waals surface area (Å²) in [7, 11) is 0. The molecule has 1 heterocycles. The Balaban J connectivity index is 3.22. The summed E-state index contributed by atoms with van der Waals surface area (Å²) in [5.74, 6) is -0.932. The topological polar surface area (TPSA) is 42.1 Å². The Hall–Kier alpha value is -0.800. The lowest BCUT2D eigenvalue weighted by molar-refractivity contribution is -0.275. The third-order valence-electron chi connectivity index (χ3n) is 1.43. The van der Waals surface area contributed by atoms with E-state index in [1.54, 1.807) is 0 Å². The molecule has 0 unspecified atom stereocenters. The molecule has 1 aromatic heterocycles. The minimum Gasteiger partial charge on any atom is -0.399 e. The summed E-state index contributed by atoms with van der Waals surface area (Å²) in [6.45, 7) is -0.983. The van der Waals surface area contributed by atoms with Gasteiger partial charge in [-0.15, -0.1) is 13.2 Å². The first kappa shape index (κ1) is 12.3. The van der Waals surface area contributed by atoms with Crippen molar-refractivity contribution < 1.29 is 22.3 Å². The molecule has 0 aliphatic heterocycles. The van der Waals surface area contributed by atoms with Crippen molar-refractivity contribution in [1.29, 1.82) is 0 Å². The lowest BCUT2D eigenvalue weighted by Gasteiger charge is -2.10. The molecule has 0 bridgehead atoms. The van der Waals surface area contributed by atoms with Crippen LogP contribution in [0.2, 0.25) is 0 Å². The highest BCUT2D eigenvalue weighted by atomic mass is 127. The van der Waals surface area contributed by atoms with Gasteiger partial charge in [0.15, 0.2) is 0 Å². The first-order valence-electron chi connectivity index (χ1n) is 3.57. The Kier molecular flexibility index (Phi) is 3.58. The molecule has 0 saturated carbocycles. The van der Waals surface area contributed by atoms with Gasteiger partial charge in [0, 0.05) is 11.8 Å². The van der Waals surface area contributed by atoms with Gasteiger partial charge < -0.3 is 9.72 Å². The summed E-state index contributed by atoms with van der Waals surface area (Å²) in [4.78, 5) is 12.9. The van der Waals surface area contributed by atoms with Crippen LogP contribution in [-0.2, 0) is 6.67 Å². The molecule has 1 rings (SSSR count). The van der Waals surface area contributed by atoms with Crippen molar-refractivity contribution in [2.75, 3.05) is 0 Å². The number of aromatic nitrogens is 1. The Morgan fingerprint density at radius 1 is 1.47 bits per heavy atom. The van der Waals surface area contributed by atoms with E-state index in [0.29, 0.717) is 0 Å². The molecule has 0 aromatic carbocycles. The molecule has 8 heteroatoms. The predicted octanol–water partition coefficient (Wildman–Crippen LogP) is 2.35. The van der Waals surface area contributed by atoms with Gasteiger partial charge in [0.05, 0.1) is 3.57 Å². The van der Waals surface area contributed by atoms with E-state index >= 15 is 0 Å². The van der Waals surface area contributed by atoms with Crippen LogP contribution < -0.4 is 10.3 Å². The molecule has 1 aromatic rings. The minimum absolute atomic E-state index is 0.0607. The number of H-pyrrole nitrogens is 1. The Bertz CT molecular complexity index is 414. The van der Waals surface area contributed by atoms with Crippen molar-refractivity contribution in [2.24, 2.45) is 0 Å². The lowest BCUT2D eigenvalue weighted by Crippen LogP contribution is -2.24. The van der Waals surface area contributed by atoms with Gasteiger partial charge in [-0.25, -0.2) is 4.39 Å². The third-order valence-corrected chi connectivity index (χ3v) is 2.61. The van der Waals surface area contributed by atoms with Crippen LogP contribution in [0.1, 0.15) is 5.56 Å². The van der Waals surface area contributed by atoms with Crippen molar-refractivity contribution in [2.45, 2.75) is 13.0 Å². The van der Waals surface area contributed by atoms with Crippen LogP contribution in [0.3, 0.4) is 0 Å². The van der Waals surface area contributed by atoms with Crippen molar-refractivity contribution in [1.82, 2.24) is 4.98 Å². The number of hydrogen-bond donors (Lipinski definition) is 1. The fourth-order valence-corrected chi connectivity index (χ4v) is 1.49. The third kappa shape index (κ3) is 3.08. The Labute approximate surface area is 94.6 Å². The van der Waals surface area contributed by atoms with Crippen molar-refractivity contribution in [3.05, 3.63) is 25.7 Å². The number of hydrogen-bond acceptors (Lipinski definition) is 2. The van der Waals surface area contributed by atoms with Gasteiger partial charge in [0.2, 0.25) is 5.75 Å². The van der Waals surface area contributed by atoms with Crippen molar-refractivity contribution in [3.63, 3.8) is 0 Å². The summed E-state index contributed by atoms with van der Waals surface area (Å²) >= 11 is 1.42. The normalized spacial score (nSPS) is 11.5. The average molecular weight is 337 g/mol. The predicted molar refractivity (Wildman–Crippen MR) is 51.3 cm³/mol. The zero-order valence-corrected chi connectivity index (χ0v) is 9.15. The minimum atomic E-state index is -4.97. The van der Waals surface area contributed by atoms with Crippen LogP contribution in [0.25, 0.3) is 0 Å². The quantitative estimate of drug-likeness (QED) is 0.665. The van der Waals surface area contributed by atoms with Crippen LogP contribution in [0.5, 0.6) is 5.75 Å². The van der Waals surface area contributed by atoms with E-state index in [0.717, 1.165) is 6.20 Å². The summed E-state index contributed by atoms with van der Waals surface area (Å²) in [6.07, 6.45) is -3.96. The van der Waals surface area contributed by atoms with Crippen LogP contribution in [0.4, 0.5) is 17.6 Å². The second kappa shape index (κ2) is 4.37. The molecule has 0 atom stereocenters. The Morgan fingerprint density at radius 3 is 2.53 bits per heavy atom. The molecule has 0 spiro atoms. The number of pyridine rings is 1. The van der Waals surface area contributed by atoms with Gasteiger partial charge in [-0.05, 0) is 22.6 Å². The highest BCUT2D eigenvalue weighted by molar-refractivity contribution is 14.1. The lowest BCUT2D eigenvalue weighted by atomic mass is 10.3. The Morgan fingerprint density at radius 2 is 2.07 bits per heavy atom. The second-order valence-electron chi connectivity index (χ2n) is 2.47. The molecule has 0 aliphatic rings. The highest BCUT2D eigenvalue weighted by Gasteiger charge is 2.33. The van der Waals surface area contributed by atoms with Gasteiger partial charge in [-0.1, -0.05) is 0 Å². The fraction of sp³-hybridized carbons (Fsp3) is 0.286. The second-order valence-corrected chi connectivity index (χ2v) is 3.55.